The number of pyridine rings is 1. The first-order chi connectivity index (χ1) is 14.1. The molecule has 6 heteroatoms. The molecular weight excluding hydrogens is 380 g/mol. The lowest BCUT2D eigenvalue weighted by atomic mass is 9.96. The third-order valence-corrected chi connectivity index (χ3v) is 5.91. The van der Waals surface area contributed by atoms with Crippen molar-refractivity contribution in [2.45, 2.75) is 32.4 Å². The van der Waals surface area contributed by atoms with Crippen molar-refractivity contribution < 1.29 is 5.11 Å². The average molecular weight is 407 g/mol. The van der Waals surface area contributed by atoms with Gasteiger partial charge in [0.15, 0.2) is 5.11 Å². The number of nitrogens with zero attached hydrogens (tertiary/aromatic N) is 3. The second-order valence-corrected chi connectivity index (χ2v) is 7.78. The van der Waals surface area contributed by atoms with Crippen molar-refractivity contribution >= 4 is 17.3 Å². The Kier molecular flexibility index (Phi) is 5.65. The van der Waals surface area contributed by atoms with Crippen molar-refractivity contribution in [3.05, 3.63) is 83.4 Å². The van der Waals surface area contributed by atoms with Crippen molar-refractivity contribution in [2.75, 3.05) is 13.2 Å². The van der Waals surface area contributed by atoms with E-state index >= 15 is 0 Å². The first-order valence-electron chi connectivity index (χ1n) is 9.95. The van der Waals surface area contributed by atoms with Crippen LogP contribution in [0.1, 0.15) is 41.1 Å². The highest BCUT2D eigenvalue weighted by Gasteiger charge is 2.41. The van der Waals surface area contributed by atoms with E-state index in [1.807, 2.05) is 30.5 Å². The first kappa shape index (κ1) is 19.6. The van der Waals surface area contributed by atoms with Crippen LogP contribution in [0.25, 0.3) is 5.69 Å². The molecule has 4 rings (SSSR count). The topological polar surface area (TPSA) is 53.3 Å². The number of benzene rings is 1. The highest BCUT2D eigenvalue weighted by atomic mass is 32.1. The van der Waals surface area contributed by atoms with Gasteiger partial charge in [-0.2, -0.15) is 0 Å². The molecule has 150 valence electrons. The molecule has 3 heterocycles. The maximum Gasteiger partial charge on any atom is 0.170 e. The number of rotatable bonds is 6. The third-order valence-electron chi connectivity index (χ3n) is 5.56. The van der Waals surface area contributed by atoms with Crippen molar-refractivity contribution in [3.63, 3.8) is 0 Å². The Hall–Kier alpha value is -2.70. The maximum absolute atomic E-state index is 9.40. The molecule has 0 spiro atoms. The molecule has 29 heavy (non-hydrogen) atoms. The van der Waals surface area contributed by atoms with Gasteiger partial charge in [-0.25, -0.2) is 0 Å². The fourth-order valence-corrected chi connectivity index (χ4v) is 4.62. The third kappa shape index (κ3) is 3.66. The van der Waals surface area contributed by atoms with Crippen LogP contribution in [0.15, 0.2) is 60.8 Å². The molecule has 3 aromatic rings. The molecule has 1 saturated heterocycles. The van der Waals surface area contributed by atoms with Crippen LogP contribution in [0.5, 0.6) is 0 Å². The Balaban J connectivity index is 1.81. The lowest BCUT2D eigenvalue weighted by molar-refractivity contribution is 0.247. The number of aliphatic hydroxyl groups is 1. The Morgan fingerprint density at radius 3 is 2.55 bits per heavy atom. The molecule has 0 amide bonds. The van der Waals surface area contributed by atoms with Gasteiger partial charge in [-0.05, 0) is 68.4 Å². The van der Waals surface area contributed by atoms with Crippen LogP contribution in [-0.4, -0.2) is 37.8 Å². The minimum Gasteiger partial charge on any atom is -0.396 e. The van der Waals surface area contributed by atoms with Crippen LogP contribution >= 0.6 is 12.2 Å². The summed E-state index contributed by atoms with van der Waals surface area (Å²) in [5, 5.41) is 13.6. The van der Waals surface area contributed by atoms with Crippen LogP contribution in [-0.2, 0) is 0 Å². The van der Waals surface area contributed by atoms with Crippen LogP contribution in [0.4, 0.5) is 0 Å². The Bertz CT molecular complexity index is 987. The normalized spacial score (nSPS) is 18.9. The summed E-state index contributed by atoms with van der Waals surface area (Å²) in [7, 11) is 0. The van der Waals surface area contributed by atoms with E-state index in [9.17, 15) is 5.11 Å². The van der Waals surface area contributed by atoms with Gasteiger partial charge < -0.3 is 19.9 Å². The molecule has 0 bridgehead atoms. The lowest BCUT2D eigenvalue weighted by Crippen LogP contribution is -2.31. The number of aromatic nitrogens is 2. The monoisotopic (exact) mass is 406 g/mol. The summed E-state index contributed by atoms with van der Waals surface area (Å²) in [6, 6.07) is 18.6. The van der Waals surface area contributed by atoms with Gasteiger partial charge in [0, 0.05) is 36.4 Å². The highest BCUT2D eigenvalue weighted by molar-refractivity contribution is 7.80. The minimum absolute atomic E-state index is 0.0209. The Morgan fingerprint density at radius 1 is 1.10 bits per heavy atom. The van der Waals surface area contributed by atoms with Crippen molar-refractivity contribution in [3.8, 4) is 5.69 Å². The number of nitrogens with one attached hydrogen (secondary N) is 1. The largest absolute Gasteiger partial charge is 0.396 e. The number of thiocarbonyl (C=S) groups is 1. The van der Waals surface area contributed by atoms with E-state index in [4.69, 9.17) is 12.2 Å². The average Bonchev–Trinajstić information content (AvgIpc) is 3.23. The van der Waals surface area contributed by atoms with Gasteiger partial charge in [0.05, 0.1) is 17.8 Å². The maximum atomic E-state index is 9.40. The molecule has 2 N–H and O–H groups in total. The van der Waals surface area contributed by atoms with E-state index in [1.54, 1.807) is 0 Å². The van der Waals surface area contributed by atoms with E-state index in [0.29, 0.717) is 18.1 Å². The summed E-state index contributed by atoms with van der Waals surface area (Å²) in [6.45, 7) is 5.14. The van der Waals surface area contributed by atoms with Gasteiger partial charge >= 0.3 is 0 Å². The molecule has 1 aromatic carbocycles. The fraction of sp³-hybridized carbons (Fsp3) is 0.304. The van der Waals surface area contributed by atoms with E-state index in [2.05, 4.69) is 63.9 Å². The van der Waals surface area contributed by atoms with Gasteiger partial charge in [-0.15, -0.1) is 0 Å². The number of hydrogen-bond acceptors (Lipinski definition) is 3. The lowest BCUT2D eigenvalue weighted by Gasteiger charge is -2.28. The van der Waals surface area contributed by atoms with E-state index in [0.717, 1.165) is 11.4 Å². The van der Waals surface area contributed by atoms with E-state index in [1.165, 1.54) is 17.0 Å². The Labute approximate surface area is 177 Å². The predicted molar refractivity (Wildman–Crippen MR) is 119 cm³/mol. The van der Waals surface area contributed by atoms with Crippen molar-refractivity contribution in [2.24, 2.45) is 0 Å². The molecule has 2 atom stereocenters. The summed E-state index contributed by atoms with van der Waals surface area (Å²) >= 11 is 5.68. The molecule has 0 aliphatic carbocycles. The van der Waals surface area contributed by atoms with E-state index < -0.39 is 0 Å². The SMILES string of the molecule is Cc1cc([C@H]2[C@@H](c3ccccn3)NC(=S)N2CCCO)c(C)n1-c1ccccc1. The Morgan fingerprint density at radius 2 is 1.86 bits per heavy atom. The molecule has 1 aliphatic heterocycles. The zero-order valence-corrected chi connectivity index (χ0v) is 17.6. The summed E-state index contributed by atoms with van der Waals surface area (Å²) in [5.74, 6) is 0. The minimum atomic E-state index is -0.0351. The molecule has 2 aromatic heterocycles. The van der Waals surface area contributed by atoms with Crippen LogP contribution in [0.3, 0.4) is 0 Å². The second-order valence-electron chi connectivity index (χ2n) is 7.39. The number of para-hydroxylation sites is 1. The van der Waals surface area contributed by atoms with E-state index in [-0.39, 0.29) is 18.7 Å². The quantitative estimate of drug-likeness (QED) is 0.609. The zero-order chi connectivity index (χ0) is 20.4. The zero-order valence-electron chi connectivity index (χ0n) is 16.7. The fourth-order valence-electron chi connectivity index (χ4n) is 4.29. The molecule has 0 saturated carbocycles. The van der Waals surface area contributed by atoms with Crippen molar-refractivity contribution in [1.82, 2.24) is 19.8 Å². The van der Waals surface area contributed by atoms with Gasteiger partial charge in [0.1, 0.15) is 0 Å². The number of aliphatic hydroxyl groups excluding tert-OH is 1. The summed E-state index contributed by atoms with van der Waals surface area (Å²) < 4.78 is 2.29. The van der Waals surface area contributed by atoms with Gasteiger partial charge in [0.2, 0.25) is 0 Å². The molecule has 0 unspecified atom stereocenters. The molecule has 1 fully saturated rings. The molecule has 0 radical (unpaired) electrons. The smallest absolute Gasteiger partial charge is 0.170 e. The highest BCUT2D eigenvalue weighted by Crippen LogP contribution is 2.41. The number of aryl methyl sites for hydroxylation is 1. The molecular formula is C23H26N4OS. The number of hydrogen-bond donors (Lipinski definition) is 2. The summed E-state index contributed by atoms with van der Waals surface area (Å²) in [6.07, 6.45) is 2.49. The summed E-state index contributed by atoms with van der Waals surface area (Å²) in [5.41, 5.74) is 5.73. The van der Waals surface area contributed by atoms with Crippen LogP contribution in [0.2, 0.25) is 0 Å². The standard InChI is InChI=1S/C23H26N4OS/c1-16-15-19(17(2)27(16)18-9-4-3-5-10-18)22-21(20-11-6-7-12-24-20)25-23(29)26(22)13-8-14-28/h3-7,9-12,15,21-22,28H,8,13-14H2,1-2H3,(H,25,29)/t21-,22+/m1/s1. The molecule has 5 nitrogen and oxygen atoms in total. The summed E-state index contributed by atoms with van der Waals surface area (Å²) in [4.78, 5) is 6.79. The molecule has 1 aliphatic rings. The van der Waals surface area contributed by atoms with Gasteiger partial charge in [-0.3, -0.25) is 4.98 Å². The van der Waals surface area contributed by atoms with Crippen LogP contribution < -0.4 is 5.32 Å². The predicted octanol–water partition coefficient (Wildman–Crippen LogP) is 3.84. The van der Waals surface area contributed by atoms with Crippen molar-refractivity contribution in [1.29, 1.82) is 0 Å². The van der Waals surface area contributed by atoms with Gasteiger partial charge in [-0.1, -0.05) is 24.3 Å². The second kappa shape index (κ2) is 8.35. The van der Waals surface area contributed by atoms with Gasteiger partial charge in [0.25, 0.3) is 0 Å². The first-order valence-corrected chi connectivity index (χ1v) is 10.4. The van der Waals surface area contributed by atoms with Crippen LogP contribution in [0, 0.1) is 13.8 Å².